The summed E-state index contributed by atoms with van der Waals surface area (Å²) in [4.78, 5) is 0. The lowest BCUT2D eigenvalue weighted by atomic mass is 9.42. The number of ether oxygens (including phenoxy) is 4. The maximum Gasteiger partial charge on any atom is 0.174 e. The number of nitrogens with zero attached hydrogens (tertiary/aromatic N) is 1. The molecule has 0 aromatic carbocycles. The topological polar surface area (TPSA) is 69.5 Å². The summed E-state index contributed by atoms with van der Waals surface area (Å²) in [5, 5.41) is 14.2. The number of hydrogen-bond donors (Lipinski definition) is 1. The summed E-state index contributed by atoms with van der Waals surface area (Å²) in [7, 11) is 0. The van der Waals surface area contributed by atoms with Crippen molar-refractivity contribution >= 4 is 5.71 Å². The summed E-state index contributed by atoms with van der Waals surface area (Å²) >= 11 is 0. The average molecular weight is 420 g/mol. The van der Waals surface area contributed by atoms with Gasteiger partial charge in [0.25, 0.3) is 0 Å². The molecule has 4 saturated carbocycles. The molecule has 0 amide bonds. The Kier molecular flexibility index (Phi) is 4.28. The van der Waals surface area contributed by atoms with Crippen LogP contribution < -0.4 is 0 Å². The van der Waals surface area contributed by atoms with Gasteiger partial charge in [0.15, 0.2) is 11.6 Å². The van der Waals surface area contributed by atoms with Gasteiger partial charge in [0, 0.05) is 36.5 Å². The molecule has 6 aliphatic rings. The Morgan fingerprint density at radius 2 is 1.53 bits per heavy atom. The smallest absolute Gasteiger partial charge is 0.174 e. The Balaban J connectivity index is 1.38. The summed E-state index contributed by atoms with van der Waals surface area (Å²) in [6, 6.07) is 0. The van der Waals surface area contributed by atoms with E-state index in [2.05, 4.69) is 25.9 Å². The fourth-order valence-electron chi connectivity index (χ4n) is 9.15. The summed E-state index contributed by atoms with van der Waals surface area (Å²) < 4.78 is 24.8. The third-order valence-electron chi connectivity index (χ3n) is 10.7. The summed E-state index contributed by atoms with van der Waals surface area (Å²) in [5.41, 5.74) is 1.17. The van der Waals surface area contributed by atoms with E-state index in [-0.39, 0.29) is 22.7 Å². The van der Waals surface area contributed by atoms with Crippen LogP contribution in [0.3, 0.4) is 0 Å². The third-order valence-corrected chi connectivity index (χ3v) is 10.7. The van der Waals surface area contributed by atoms with Gasteiger partial charge >= 0.3 is 0 Å². The second-order valence-electron chi connectivity index (χ2n) is 11.4. The first-order valence-corrected chi connectivity index (χ1v) is 12.2. The van der Waals surface area contributed by atoms with Crippen molar-refractivity contribution in [3.63, 3.8) is 0 Å². The number of rotatable bonds is 0. The van der Waals surface area contributed by atoms with Crippen LogP contribution in [0, 0.1) is 40.4 Å². The second kappa shape index (κ2) is 6.43. The molecule has 4 aliphatic carbocycles. The monoisotopic (exact) mass is 419 g/mol. The molecule has 168 valence electrons. The van der Waals surface area contributed by atoms with Crippen molar-refractivity contribution in [1.29, 1.82) is 0 Å². The third kappa shape index (κ3) is 2.32. The van der Waals surface area contributed by atoms with Gasteiger partial charge in [0.05, 0.1) is 32.1 Å². The van der Waals surface area contributed by atoms with Crippen molar-refractivity contribution in [3.05, 3.63) is 0 Å². The van der Waals surface area contributed by atoms with Gasteiger partial charge in [-0.05, 0) is 48.9 Å². The van der Waals surface area contributed by atoms with Gasteiger partial charge in [-0.1, -0.05) is 25.9 Å². The van der Waals surface area contributed by atoms with Gasteiger partial charge < -0.3 is 24.2 Å². The highest BCUT2D eigenvalue weighted by Crippen LogP contribution is 2.70. The Bertz CT molecular complexity index is 742. The van der Waals surface area contributed by atoms with Crippen LogP contribution in [0.15, 0.2) is 5.16 Å². The van der Waals surface area contributed by atoms with E-state index in [4.69, 9.17) is 18.9 Å². The molecule has 2 saturated heterocycles. The SMILES string of the molecule is C[C@@H]1/C(=N\O)C2CC3(CC[C@]2(C)[C@H]2CC[C@@]4(C)[C@@H](CCC45OCCO5)[C@H]12)OCCO3. The van der Waals surface area contributed by atoms with Gasteiger partial charge in [-0.3, -0.25) is 0 Å². The largest absolute Gasteiger partial charge is 0.411 e. The minimum atomic E-state index is -0.460. The van der Waals surface area contributed by atoms with Crippen molar-refractivity contribution in [1.82, 2.24) is 0 Å². The van der Waals surface area contributed by atoms with Crippen LogP contribution in [0.5, 0.6) is 0 Å². The molecule has 0 aromatic heterocycles. The standard InChI is InChI=1S/C24H37NO5/c1-15-19-16(4-6-22(3)17(19)5-7-24(22)29-12-13-30-24)21(2)8-9-23(27-10-11-28-23)14-18(21)20(15)25-26/h15-19,26H,4-14H2,1-3H3/b25-20+/t15-,16-,17-,18?,19+,21+,22-/m0/s1. The Hall–Kier alpha value is -0.690. The zero-order valence-corrected chi connectivity index (χ0v) is 18.7. The summed E-state index contributed by atoms with van der Waals surface area (Å²) in [5.74, 6) is 1.34. The highest BCUT2D eigenvalue weighted by atomic mass is 16.7. The minimum absolute atomic E-state index is 0.0518. The van der Waals surface area contributed by atoms with Gasteiger partial charge in [0.1, 0.15) is 0 Å². The maximum absolute atomic E-state index is 10.2. The molecule has 2 heterocycles. The Labute approximate surface area is 179 Å². The molecular weight excluding hydrogens is 382 g/mol. The lowest BCUT2D eigenvalue weighted by molar-refractivity contribution is -0.252. The lowest BCUT2D eigenvalue weighted by Gasteiger charge is -2.63. The highest BCUT2D eigenvalue weighted by Gasteiger charge is 2.70. The molecule has 7 atom stereocenters. The molecule has 0 radical (unpaired) electrons. The molecule has 6 heteroatoms. The Morgan fingerprint density at radius 1 is 0.867 bits per heavy atom. The van der Waals surface area contributed by atoms with E-state index in [1.165, 1.54) is 6.42 Å². The zero-order valence-electron chi connectivity index (χ0n) is 18.7. The second-order valence-corrected chi connectivity index (χ2v) is 11.4. The van der Waals surface area contributed by atoms with Gasteiger partial charge in [0.2, 0.25) is 0 Å². The fourth-order valence-corrected chi connectivity index (χ4v) is 9.15. The zero-order chi connectivity index (χ0) is 20.8. The molecule has 6 nitrogen and oxygen atoms in total. The van der Waals surface area contributed by atoms with Gasteiger partial charge in [-0.15, -0.1) is 0 Å². The van der Waals surface area contributed by atoms with Gasteiger partial charge in [-0.25, -0.2) is 0 Å². The molecule has 1 unspecified atom stereocenters. The lowest BCUT2D eigenvalue weighted by Crippen LogP contribution is -2.63. The number of hydrogen-bond acceptors (Lipinski definition) is 6. The molecule has 6 rings (SSSR count). The summed E-state index contributed by atoms with van der Waals surface area (Å²) in [6.45, 7) is 9.98. The van der Waals surface area contributed by atoms with Crippen molar-refractivity contribution in [3.8, 4) is 0 Å². The van der Waals surface area contributed by atoms with E-state index >= 15 is 0 Å². The van der Waals surface area contributed by atoms with Crippen LogP contribution in [-0.2, 0) is 18.9 Å². The highest BCUT2D eigenvalue weighted by molar-refractivity contribution is 5.90. The van der Waals surface area contributed by atoms with Crippen LogP contribution in [0.4, 0.5) is 0 Å². The van der Waals surface area contributed by atoms with Crippen molar-refractivity contribution < 1.29 is 24.2 Å². The molecule has 6 fully saturated rings. The molecule has 30 heavy (non-hydrogen) atoms. The number of fused-ring (bicyclic) bond motifs is 6. The van der Waals surface area contributed by atoms with Crippen molar-refractivity contribution in [2.24, 2.45) is 45.6 Å². The van der Waals surface area contributed by atoms with Gasteiger partial charge in [-0.2, -0.15) is 0 Å². The quantitative estimate of drug-likeness (QED) is 0.471. The molecule has 0 bridgehead atoms. The fraction of sp³-hybridized carbons (Fsp3) is 0.958. The number of oxime groups is 1. The normalized spacial score (nSPS) is 52.5. The average Bonchev–Trinajstić information content (AvgIpc) is 3.46. The molecule has 1 N–H and O–H groups in total. The maximum atomic E-state index is 10.2. The molecule has 2 aliphatic heterocycles. The van der Waals surface area contributed by atoms with E-state index in [1.807, 2.05) is 0 Å². The van der Waals surface area contributed by atoms with E-state index in [1.54, 1.807) is 0 Å². The van der Waals surface area contributed by atoms with E-state index in [0.717, 1.165) is 57.5 Å². The first-order chi connectivity index (χ1) is 14.4. The van der Waals surface area contributed by atoms with Crippen molar-refractivity contribution in [2.45, 2.75) is 77.3 Å². The first kappa shape index (κ1) is 20.0. The Morgan fingerprint density at radius 3 is 2.23 bits per heavy atom. The summed E-state index contributed by atoms with van der Waals surface area (Å²) in [6.07, 6.45) is 7.38. The molecule has 2 spiro atoms. The molecular formula is C24H37NO5. The molecule has 0 aromatic rings. The van der Waals surface area contributed by atoms with Crippen LogP contribution in [0.25, 0.3) is 0 Å². The van der Waals surface area contributed by atoms with Crippen LogP contribution in [-0.4, -0.2) is 48.9 Å². The van der Waals surface area contributed by atoms with E-state index in [9.17, 15) is 5.21 Å². The van der Waals surface area contributed by atoms with Crippen LogP contribution in [0.1, 0.15) is 65.7 Å². The minimum Gasteiger partial charge on any atom is -0.411 e. The van der Waals surface area contributed by atoms with E-state index in [0.29, 0.717) is 31.0 Å². The predicted molar refractivity (Wildman–Crippen MR) is 110 cm³/mol. The van der Waals surface area contributed by atoms with E-state index < -0.39 is 11.6 Å². The first-order valence-electron chi connectivity index (χ1n) is 12.2. The van der Waals surface area contributed by atoms with Crippen LogP contribution >= 0.6 is 0 Å². The van der Waals surface area contributed by atoms with Crippen LogP contribution in [0.2, 0.25) is 0 Å². The van der Waals surface area contributed by atoms with Crippen molar-refractivity contribution in [2.75, 3.05) is 26.4 Å². The predicted octanol–water partition coefficient (Wildman–Crippen LogP) is 4.20.